The molecule has 0 aliphatic heterocycles. The second kappa shape index (κ2) is 13.9. The maximum Gasteiger partial charge on any atom is 0.305 e. The number of nitrogens with one attached hydrogen (secondary N) is 2. The average molecular weight is 449 g/mol. The van der Waals surface area contributed by atoms with Crippen molar-refractivity contribution in [1.82, 2.24) is 10.6 Å². The fourth-order valence-electron chi connectivity index (χ4n) is 1.87. The van der Waals surface area contributed by atoms with Crippen molar-refractivity contribution in [3.05, 3.63) is 29.8 Å². The number of benzene rings is 1. The molecule has 0 atom stereocenters. The van der Waals surface area contributed by atoms with Crippen LogP contribution >= 0.6 is 24.0 Å². The molecular weight excluding hydrogens is 421 g/mol. The maximum absolute atomic E-state index is 11.2. The molecule has 7 heteroatoms. The van der Waals surface area contributed by atoms with Gasteiger partial charge >= 0.3 is 5.97 Å². The predicted octanol–water partition coefficient (Wildman–Crippen LogP) is 2.50. The third kappa shape index (κ3) is 10.3. The Morgan fingerprint density at radius 1 is 1.17 bits per heavy atom. The minimum absolute atomic E-state index is 0. The van der Waals surface area contributed by atoms with E-state index in [0.717, 1.165) is 5.75 Å². The Labute approximate surface area is 161 Å². The molecule has 0 aliphatic carbocycles. The molecule has 0 aliphatic rings. The fraction of sp³-hybridized carbons (Fsp3) is 0.529. The van der Waals surface area contributed by atoms with E-state index in [1.54, 1.807) is 14.0 Å². The van der Waals surface area contributed by atoms with Gasteiger partial charge in [0.2, 0.25) is 0 Å². The molecule has 24 heavy (non-hydrogen) atoms. The zero-order valence-electron chi connectivity index (χ0n) is 14.6. The van der Waals surface area contributed by atoms with Crippen LogP contribution in [0.15, 0.2) is 29.3 Å². The summed E-state index contributed by atoms with van der Waals surface area (Å²) < 4.78 is 10.5. The summed E-state index contributed by atoms with van der Waals surface area (Å²) in [6.45, 7) is 6.13. The van der Waals surface area contributed by atoms with Gasteiger partial charge in [-0.15, -0.1) is 24.0 Å². The van der Waals surface area contributed by atoms with E-state index >= 15 is 0 Å². The summed E-state index contributed by atoms with van der Waals surface area (Å²) in [5.74, 6) is 1.39. The molecule has 0 heterocycles. The van der Waals surface area contributed by atoms with Gasteiger partial charge in [0.25, 0.3) is 0 Å². The molecule has 1 aromatic rings. The van der Waals surface area contributed by atoms with Crippen molar-refractivity contribution in [3.8, 4) is 5.75 Å². The van der Waals surface area contributed by atoms with Crippen molar-refractivity contribution in [2.75, 3.05) is 33.4 Å². The molecule has 0 fully saturated rings. The smallest absolute Gasteiger partial charge is 0.305 e. The quantitative estimate of drug-likeness (QED) is 0.199. The lowest BCUT2D eigenvalue weighted by Gasteiger charge is -2.12. The van der Waals surface area contributed by atoms with E-state index in [-0.39, 0.29) is 29.9 Å². The summed E-state index contributed by atoms with van der Waals surface area (Å²) in [5, 5.41) is 6.31. The number of nitrogens with zero attached hydrogens (tertiary/aromatic N) is 1. The lowest BCUT2D eigenvalue weighted by atomic mass is 10.2. The van der Waals surface area contributed by atoms with Crippen LogP contribution in [0.2, 0.25) is 0 Å². The number of aliphatic imine (C=N–C) groups is 1. The molecule has 0 unspecified atom stereocenters. The highest BCUT2D eigenvalue weighted by molar-refractivity contribution is 14.0. The number of hydrogen-bond acceptors (Lipinski definition) is 4. The number of carbonyl (C=O) groups excluding carboxylic acids is 1. The number of hydrogen-bond donors (Lipinski definition) is 2. The molecule has 136 valence electrons. The van der Waals surface area contributed by atoms with Gasteiger partial charge < -0.3 is 20.1 Å². The van der Waals surface area contributed by atoms with Gasteiger partial charge in [-0.25, -0.2) is 0 Å². The van der Waals surface area contributed by atoms with Crippen LogP contribution in [0.1, 0.15) is 25.3 Å². The molecule has 1 aromatic carbocycles. The molecule has 0 aromatic heterocycles. The van der Waals surface area contributed by atoms with Crippen LogP contribution in [0.5, 0.6) is 5.75 Å². The van der Waals surface area contributed by atoms with Crippen molar-refractivity contribution in [2.24, 2.45) is 4.99 Å². The number of rotatable bonds is 9. The summed E-state index contributed by atoms with van der Waals surface area (Å²) in [7, 11) is 1.71. The molecule has 0 spiro atoms. The van der Waals surface area contributed by atoms with Gasteiger partial charge in [0, 0.05) is 20.0 Å². The Morgan fingerprint density at radius 2 is 1.83 bits per heavy atom. The topological polar surface area (TPSA) is 72.0 Å². The number of carbonyl (C=O) groups is 1. The van der Waals surface area contributed by atoms with Crippen molar-refractivity contribution < 1.29 is 14.3 Å². The van der Waals surface area contributed by atoms with Crippen molar-refractivity contribution >= 4 is 35.9 Å². The standard InChI is InChI=1S/C17H27N3O3.HI/c1-4-22-16(21)6-5-11-19-17(18-3)20-12-13-23-15-9-7-14(2)8-10-15;/h7-10H,4-6,11-13H2,1-3H3,(H2,18,19,20);1H. The number of halogens is 1. The SMILES string of the molecule is CCOC(=O)CCCNC(=NC)NCCOc1ccc(C)cc1.I. The normalized spacial score (nSPS) is 10.5. The molecule has 0 saturated carbocycles. The highest BCUT2D eigenvalue weighted by atomic mass is 127. The molecule has 1 rings (SSSR count). The fourth-order valence-corrected chi connectivity index (χ4v) is 1.87. The molecule has 0 saturated heterocycles. The van der Waals surface area contributed by atoms with Crippen LogP contribution in [-0.2, 0) is 9.53 Å². The monoisotopic (exact) mass is 449 g/mol. The van der Waals surface area contributed by atoms with Crippen LogP contribution in [0, 0.1) is 6.92 Å². The lowest BCUT2D eigenvalue weighted by Crippen LogP contribution is -2.39. The highest BCUT2D eigenvalue weighted by Crippen LogP contribution is 2.10. The number of aryl methyl sites for hydroxylation is 1. The van der Waals surface area contributed by atoms with Crippen LogP contribution in [-0.4, -0.2) is 45.3 Å². The first-order chi connectivity index (χ1) is 11.2. The highest BCUT2D eigenvalue weighted by Gasteiger charge is 2.02. The Bertz CT molecular complexity index is 492. The average Bonchev–Trinajstić information content (AvgIpc) is 2.55. The van der Waals surface area contributed by atoms with Crippen LogP contribution in [0.25, 0.3) is 0 Å². The summed E-state index contributed by atoms with van der Waals surface area (Å²) in [6.07, 6.45) is 1.12. The first-order valence-electron chi connectivity index (χ1n) is 7.95. The Balaban J connectivity index is 0.00000529. The first-order valence-corrected chi connectivity index (χ1v) is 7.95. The van der Waals surface area contributed by atoms with E-state index in [2.05, 4.69) is 15.6 Å². The first kappa shape index (κ1) is 22.5. The minimum atomic E-state index is -0.163. The number of esters is 1. The van der Waals surface area contributed by atoms with Gasteiger partial charge in [-0.05, 0) is 32.4 Å². The van der Waals surface area contributed by atoms with E-state index in [0.29, 0.717) is 45.1 Å². The van der Waals surface area contributed by atoms with E-state index in [1.165, 1.54) is 5.56 Å². The zero-order chi connectivity index (χ0) is 16.9. The summed E-state index contributed by atoms with van der Waals surface area (Å²) in [4.78, 5) is 15.3. The summed E-state index contributed by atoms with van der Waals surface area (Å²) in [6, 6.07) is 7.95. The Kier molecular flexibility index (Phi) is 13.0. The lowest BCUT2D eigenvalue weighted by molar-refractivity contribution is -0.143. The van der Waals surface area contributed by atoms with Gasteiger partial charge in [-0.3, -0.25) is 9.79 Å². The van der Waals surface area contributed by atoms with Crippen molar-refractivity contribution in [2.45, 2.75) is 26.7 Å². The van der Waals surface area contributed by atoms with Gasteiger partial charge in [0.15, 0.2) is 5.96 Å². The van der Waals surface area contributed by atoms with Crippen LogP contribution in [0.4, 0.5) is 0 Å². The van der Waals surface area contributed by atoms with E-state index in [4.69, 9.17) is 9.47 Å². The van der Waals surface area contributed by atoms with Gasteiger partial charge in [-0.1, -0.05) is 17.7 Å². The predicted molar refractivity (Wildman–Crippen MR) is 107 cm³/mol. The van der Waals surface area contributed by atoms with Crippen LogP contribution < -0.4 is 15.4 Å². The number of guanidine groups is 1. The molecule has 0 amide bonds. The van der Waals surface area contributed by atoms with Gasteiger partial charge in [-0.2, -0.15) is 0 Å². The summed E-state index contributed by atoms with van der Waals surface area (Å²) >= 11 is 0. The minimum Gasteiger partial charge on any atom is -0.492 e. The number of ether oxygens (including phenoxy) is 2. The molecular formula is C17H28IN3O3. The second-order valence-corrected chi connectivity index (χ2v) is 5.00. The van der Waals surface area contributed by atoms with Gasteiger partial charge in [0.1, 0.15) is 12.4 Å². The molecule has 0 radical (unpaired) electrons. The zero-order valence-corrected chi connectivity index (χ0v) is 17.0. The van der Waals surface area contributed by atoms with E-state index in [9.17, 15) is 4.79 Å². The van der Waals surface area contributed by atoms with Gasteiger partial charge in [0.05, 0.1) is 13.2 Å². The van der Waals surface area contributed by atoms with Crippen LogP contribution in [0.3, 0.4) is 0 Å². The Morgan fingerprint density at radius 3 is 2.46 bits per heavy atom. The van der Waals surface area contributed by atoms with Crippen molar-refractivity contribution in [1.29, 1.82) is 0 Å². The third-order valence-electron chi connectivity index (χ3n) is 3.06. The molecule has 6 nitrogen and oxygen atoms in total. The second-order valence-electron chi connectivity index (χ2n) is 5.00. The van der Waals surface area contributed by atoms with E-state index < -0.39 is 0 Å². The van der Waals surface area contributed by atoms with E-state index in [1.807, 2.05) is 31.2 Å². The summed E-state index contributed by atoms with van der Waals surface area (Å²) in [5.41, 5.74) is 1.21. The van der Waals surface area contributed by atoms with Crippen molar-refractivity contribution in [3.63, 3.8) is 0 Å². The third-order valence-corrected chi connectivity index (χ3v) is 3.06. The molecule has 0 bridgehead atoms. The molecule has 2 N–H and O–H groups in total. The largest absolute Gasteiger partial charge is 0.492 e. The Hall–Kier alpha value is -1.51. The maximum atomic E-state index is 11.2.